The third-order valence-corrected chi connectivity index (χ3v) is 7.26. The van der Waals surface area contributed by atoms with Crippen LogP contribution in [0.2, 0.25) is 0 Å². The maximum atomic E-state index is 2.59. The van der Waals surface area contributed by atoms with E-state index in [1.165, 1.54) is 0 Å². The van der Waals surface area contributed by atoms with Gasteiger partial charge < -0.3 is 0 Å². The molecule has 6 unspecified atom stereocenters. The van der Waals surface area contributed by atoms with E-state index >= 15 is 0 Å². The minimum atomic E-state index is 1.07. The molecule has 0 aliphatic heterocycles. The van der Waals surface area contributed by atoms with Crippen LogP contribution in [0.5, 0.6) is 0 Å². The van der Waals surface area contributed by atoms with E-state index in [4.69, 9.17) is 0 Å². The summed E-state index contributed by atoms with van der Waals surface area (Å²) in [5.41, 5.74) is 0. The molecule has 4 saturated carbocycles. The Bertz CT molecular complexity index is 260. The lowest BCUT2D eigenvalue weighted by Crippen LogP contribution is -2.34. The van der Waals surface area contributed by atoms with Crippen LogP contribution in [0.25, 0.3) is 0 Å². The van der Waals surface area contributed by atoms with Crippen LogP contribution in [-0.4, -0.2) is 0 Å². The lowest BCUT2D eigenvalue weighted by Gasteiger charge is -2.40. The van der Waals surface area contributed by atoms with Gasteiger partial charge in [0.15, 0.2) is 0 Å². The molecule has 4 bridgehead atoms. The van der Waals surface area contributed by atoms with Crippen molar-refractivity contribution in [1.82, 2.24) is 0 Å². The van der Waals surface area contributed by atoms with Crippen molar-refractivity contribution in [2.75, 3.05) is 0 Å². The first-order valence-corrected chi connectivity index (χ1v) is 7.75. The molecule has 0 aromatic carbocycles. The van der Waals surface area contributed by atoms with Gasteiger partial charge in [-0.3, -0.25) is 0 Å². The molecule has 0 nitrogen and oxygen atoms in total. The highest BCUT2D eigenvalue weighted by molar-refractivity contribution is 5.04. The number of rotatable bonds is 1. The third kappa shape index (κ3) is 1.12. The van der Waals surface area contributed by atoms with Gasteiger partial charge in [0.2, 0.25) is 0 Å². The van der Waals surface area contributed by atoms with Crippen molar-refractivity contribution < 1.29 is 0 Å². The Balaban J connectivity index is 1.62. The van der Waals surface area contributed by atoms with Crippen molar-refractivity contribution in [3.8, 4) is 0 Å². The predicted molar refractivity (Wildman–Crippen MR) is 67.0 cm³/mol. The number of hydrogen-bond acceptors (Lipinski definition) is 0. The Morgan fingerprint density at radius 1 is 0.562 bits per heavy atom. The molecule has 4 aliphatic carbocycles. The summed E-state index contributed by atoms with van der Waals surface area (Å²) >= 11 is 0. The summed E-state index contributed by atoms with van der Waals surface area (Å²) in [6.07, 6.45) is 9.51. The highest BCUT2D eigenvalue weighted by Gasteiger charge is 2.55. The summed E-state index contributed by atoms with van der Waals surface area (Å²) in [4.78, 5) is 0. The molecule has 4 rings (SSSR count). The van der Waals surface area contributed by atoms with Crippen LogP contribution in [0.1, 0.15) is 52.4 Å². The zero-order valence-electron chi connectivity index (χ0n) is 10.9. The highest BCUT2D eigenvalue weighted by Crippen LogP contribution is 2.63. The maximum absolute atomic E-state index is 2.59. The summed E-state index contributed by atoms with van der Waals surface area (Å²) in [5.74, 6) is 8.98. The first kappa shape index (κ1) is 9.97. The van der Waals surface area contributed by atoms with E-state index in [0.29, 0.717) is 0 Å². The SMILES string of the molecule is CC1C2CCC(C2)C1C1C(C)[C@@H]2CC[C@H]1C2. The number of hydrogen-bond donors (Lipinski definition) is 0. The second-order valence-corrected chi connectivity index (χ2v) is 7.54. The summed E-state index contributed by atoms with van der Waals surface area (Å²) in [7, 11) is 0. The van der Waals surface area contributed by atoms with Crippen LogP contribution < -0.4 is 0 Å². The maximum Gasteiger partial charge on any atom is -0.0324 e. The van der Waals surface area contributed by atoms with Crippen LogP contribution in [0, 0.1) is 47.3 Å². The van der Waals surface area contributed by atoms with Gasteiger partial charge in [0.25, 0.3) is 0 Å². The van der Waals surface area contributed by atoms with Crippen LogP contribution in [0.3, 0.4) is 0 Å². The zero-order valence-corrected chi connectivity index (χ0v) is 10.9. The average molecular weight is 218 g/mol. The molecule has 90 valence electrons. The van der Waals surface area contributed by atoms with Crippen LogP contribution in [-0.2, 0) is 0 Å². The molecule has 0 radical (unpaired) electrons. The number of fused-ring (bicyclic) bond motifs is 4. The molecule has 0 saturated heterocycles. The van der Waals surface area contributed by atoms with E-state index in [0.717, 1.165) is 47.3 Å². The monoisotopic (exact) mass is 218 g/mol. The van der Waals surface area contributed by atoms with Gasteiger partial charge in [-0.15, -0.1) is 0 Å². The molecule has 16 heavy (non-hydrogen) atoms. The molecule has 0 aromatic heterocycles. The molecule has 0 heterocycles. The van der Waals surface area contributed by atoms with Gasteiger partial charge in [0.05, 0.1) is 0 Å². The van der Waals surface area contributed by atoms with Crippen LogP contribution >= 0.6 is 0 Å². The fourth-order valence-corrected chi connectivity index (χ4v) is 6.58. The van der Waals surface area contributed by atoms with Crippen molar-refractivity contribution >= 4 is 0 Å². The second-order valence-electron chi connectivity index (χ2n) is 7.54. The van der Waals surface area contributed by atoms with Gasteiger partial charge in [-0.1, -0.05) is 13.8 Å². The fraction of sp³-hybridized carbons (Fsp3) is 1.00. The van der Waals surface area contributed by atoms with Crippen LogP contribution in [0.4, 0.5) is 0 Å². The molecule has 0 spiro atoms. The smallest absolute Gasteiger partial charge is 0.0324 e. The molecule has 4 aliphatic rings. The Morgan fingerprint density at radius 3 is 1.25 bits per heavy atom. The molecular weight excluding hydrogens is 192 g/mol. The Hall–Kier alpha value is 0. The second kappa shape index (κ2) is 3.27. The fourth-order valence-electron chi connectivity index (χ4n) is 6.58. The van der Waals surface area contributed by atoms with Crippen molar-refractivity contribution in [3.05, 3.63) is 0 Å². The molecule has 0 amide bonds. The topological polar surface area (TPSA) is 0 Å². The summed E-state index contributed by atoms with van der Waals surface area (Å²) in [6, 6.07) is 0. The average Bonchev–Trinajstić information content (AvgIpc) is 2.98. The van der Waals surface area contributed by atoms with E-state index < -0.39 is 0 Å². The minimum absolute atomic E-state index is 1.07. The van der Waals surface area contributed by atoms with Crippen molar-refractivity contribution in [2.24, 2.45) is 47.3 Å². The van der Waals surface area contributed by atoms with Crippen molar-refractivity contribution in [2.45, 2.75) is 52.4 Å². The predicted octanol–water partition coefficient (Wildman–Crippen LogP) is 4.35. The van der Waals surface area contributed by atoms with Crippen LogP contribution in [0.15, 0.2) is 0 Å². The molecule has 0 N–H and O–H groups in total. The third-order valence-electron chi connectivity index (χ3n) is 7.26. The van der Waals surface area contributed by atoms with Gasteiger partial charge in [-0.2, -0.15) is 0 Å². The first-order valence-electron chi connectivity index (χ1n) is 7.75. The highest BCUT2D eigenvalue weighted by atomic mass is 14.6. The first-order chi connectivity index (χ1) is 7.75. The molecular formula is C16H26. The standard InChI is InChI=1S/C16H26/c1-9-11-3-5-13(7-11)15(9)16-10(2)12-4-6-14(16)8-12/h9-16H,3-8H2,1-2H3/t9?,10?,11-,12?,13+,14?,15?,16?/m1/s1. The zero-order chi connectivity index (χ0) is 10.9. The van der Waals surface area contributed by atoms with E-state index in [1.807, 2.05) is 0 Å². The van der Waals surface area contributed by atoms with Gasteiger partial charge in [0, 0.05) is 0 Å². The van der Waals surface area contributed by atoms with Gasteiger partial charge in [-0.25, -0.2) is 0 Å². The summed E-state index contributed by atoms with van der Waals surface area (Å²) in [5, 5.41) is 0. The molecule has 4 fully saturated rings. The van der Waals surface area contributed by atoms with E-state index in [2.05, 4.69) is 13.8 Å². The lowest BCUT2D eigenvalue weighted by atomic mass is 9.64. The summed E-state index contributed by atoms with van der Waals surface area (Å²) < 4.78 is 0. The Morgan fingerprint density at radius 2 is 0.938 bits per heavy atom. The van der Waals surface area contributed by atoms with E-state index in [-0.39, 0.29) is 0 Å². The van der Waals surface area contributed by atoms with E-state index in [9.17, 15) is 0 Å². The Labute approximate surface area is 100 Å². The van der Waals surface area contributed by atoms with Gasteiger partial charge >= 0.3 is 0 Å². The van der Waals surface area contributed by atoms with Gasteiger partial charge in [0.1, 0.15) is 0 Å². The van der Waals surface area contributed by atoms with Gasteiger partial charge in [-0.05, 0) is 85.9 Å². The summed E-state index contributed by atoms with van der Waals surface area (Å²) in [6.45, 7) is 5.18. The van der Waals surface area contributed by atoms with E-state index in [1.54, 1.807) is 38.5 Å². The van der Waals surface area contributed by atoms with Crippen molar-refractivity contribution in [3.63, 3.8) is 0 Å². The molecule has 0 aromatic rings. The lowest BCUT2D eigenvalue weighted by molar-refractivity contribution is 0.0776. The largest absolute Gasteiger partial charge is 0.0620 e. The molecule has 0 heteroatoms. The van der Waals surface area contributed by atoms with Crippen molar-refractivity contribution in [1.29, 1.82) is 0 Å². The molecule has 8 atom stereocenters. The minimum Gasteiger partial charge on any atom is -0.0620 e. The quantitative estimate of drug-likeness (QED) is 0.614. The Kier molecular flexibility index (Phi) is 2.04. The normalized spacial score (nSPS) is 63.4.